The number of halogens is 1. The molecule has 0 atom stereocenters. The summed E-state index contributed by atoms with van der Waals surface area (Å²) < 4.78 is 0. The van der Waals surface area contributed by atoms with E-state index in [2.05, 4.69) is 4.90 Å². The first-order valence-electron chi connectivity index (χ1n) is 4.78. The van der Waals surface area contributed by atoms with Crippen LogP contribution in [0.3, 0.4) is 0 Å². The van der Waals surface area contributed by atoms with E-state index in [-0.39, 0.29) is 6.10 Å². The fourth-order valence-corrected chi connectivity index (χ4v) is 1.90. The molecule has 4 heteroatoms. The van der Waals surface area contributed by atoms with Crippen LogP contribution in [0.25, 0.3) is 0 Å². The van der Waals surface area contributed by atoms with E-state index in [4.69, 9.17) is 22.0 Å². The highest BCUT2D eigenvalue weighted by Crippen LogP contribution is 2.21. The van der Waals surface area contributed by atoms with Crippen LogP contribution in [0.1, 0.15) is 11.1 Å². The second-order valence-electron chi connectivity index (χ2n) is 3.77. The number of likely N-dealkylation sites (tertiary alicyclic amines) is 1. The Morgan fingerprint density at radius 2 is 2.27 bits per heavy atom. The van der Waals surface area contributed by atoms with Crippen LogP contribution >= 0.6 is 11.6 Å². The van der Waals surface area contributed by atoms with Crippen LogP contribution in [0.15, 0.2) is 18.2 Å². The molecule has 0 unspecified atom stereocenters. The van der Waals surface area contributed by atoms with E-state index in [0.717, 1.165) is 12.1 Å². The van der Waals surface area contributed by atoms with Gasteiger partial charge in [-0.15, -0.1) is 0 Å². The largest absolute Gasteiger partial charge is 0.390 e. The van der Waals surface area contributed by atoms with Crippen molar-refractivity contribution in [1.29, 1.82) is 5.26 Å². The van der Waals surface area contributed by atoms with Crippen molar-refractivity contribution >= 4 is 11.6 Å². The molecule has 0 radical (unpaired) electrons. The van der Waals surface area contributed by atoms with Crippen LogP contribution < -0.4 is 0 Å². The number of aliphatic hydroxyl groups excluding tert-OH is 1. The van der Waals surface area contributed by atoms with Gasteiger partial charge in [0.2, 0.25) is 0 Å². The van der Waals surface area contributed by atoms with Gasteiger partial charge in [0.25, 0.3) is 0 Å². The maximum absolute atomic E-state index is 9.13. The minimum absolute atomic E-state index is 0.192. The lowest BCUT2D eigenvalue weighted by molar-refractivity contribution is -0.00285. The van der Waals surface area contributed by atoms with Crippen molar-refractivity contribution in [3.63, 3.8) is 0 Å². The molecular weight excluding hydrogens is 212 g/mol. The van der Waals surface area contributed by atoms with E-state index in [1.807, 2.05) is 12.1 Å². The van der Waals surface area contributed by atoms with E-state index in [1.165, 1.54) is 0 Å². The number of aliphatic hydroxyl groups is 1. The number of rotatable bonds is 2. The van der Waals surface area contributed by atoms with Crippen LogP contribution in [-0.4, -0.2) is 29.2 Å². The van der Waals surface area contributed by atoms with Gasteiger partial charge in [-0.3, -0.25) is 4.90 Å². The molecule has 1 N–H and O–H groups in total. The third-order valence-electron chi connectivity index (χ3n) is 2.51. The third-order valence-corrected chi connectivity index (χ3v) is 2.87. The molecule has 0 aromatic heterocycles. The molecule has 1 aromatic carbocycles. The molecule has 0 saturated carbocycles. The van der Waals surface area contributed by atoms with Gasteiger partial charge in [-0.2, -0.15) is 5.26 Å². The molecule has 2 rings (SSSR count). The average Bonchev–Trinajstić information content (AvgIpc) is 2.18. The number of hydrogen-bond donors (Lipinski definition) is 1. The Bertz CT molecular complexity index is 408. The smallest absolute Gasteiger partial charge is 0.0992 e. The SMILES string of the molecule is N#Cc1ccc(CN2CC(O)C2)c(Cl)c1. The molecule has 1 heterocycles. The quantitative estimate of drug-likeness (QED) is 0.823. The lowest BCUT2D eigenvalue weighted by atomic mass is 10.1. The highest BCUT2D eigenvalue weighted by molar-refractivity contribution is 6.31. The predicted octanol–water partition coefficient (Wildman–Crippen LogP) is 1.39. The second-order valence-corrected chi connectivity index (χ2v) is 4.17. The lowest BCUT2D eigenvalue weighted by Gasteiger charge is -2.35. The predicted molar refractivity (Wildman–Crippen MR) is 57.5 cm³/mol. The van der Waals surface area contributed by atoms with E-state index in [1.54, 1.807) is 12.1 Å². The number of nitriles is 1. The molecule has 15 heavy (non-hydrogen) atoms. The normalized spacial score (nSPS) is 17.1. The number of β-amino-alcohol motifs (C(OH)–C–C–N with tert-alkyl or cyclic N) is 1. The molecular formula is C11H11ClN2O. The van der Waals surface area contributed by atoms with Crippen molar-refractivity contribution in [1.82, 2.24) is 4.90 Å². The van der Waals surface area contributed by atoms with Crippen molar-refractivity contribution in [2.24, 2.45) is 0 Å². The van der Waals surface area contributed by atoms with Crippen LogP contribution in [0.4, 0.5) is 0 Å². The zero-order valence-corrected chi connectivity index (χ0v) is 8.91. The number of hydrogen-bond acceptors (Lipinski definition) is 3. The average molecular weight is 223 g/mol. The minimum Gasteiger partial charge on any atom is -0.390 e. The summed E-state index contributed by atoms with van der Waals surface area (Å²) in [4.78, 5) is 2.11. The van der Waals surface area contributed by atoms with Gasteiger partial charge in [-0.1, -0.05) is 17.7 Å². The molecule has 1 aromatic rings. The Labute approximate surface area is 93.5 Å². The van der Waals surface area contributed by atoms with Gasteiger partial charge in [0, 0.05) is 24.7 Å². The summed E-state index contributed by atoms with van der Waals surface area (Å²) in [6.07, 6.45) is -0.192. The molecule has 3 nitrogen and oxygen atoms in total. The molecule has 0 aliphatic carbocycles. The van der Waals surface area contributed by atoms with Crippen LogP contribution in [-0.2, 0) is 6.54 Å². The Kier molecular flexibility index (Phi) is 2.92. The monoisotopic (exact) mass is 222 g/mol. The van der Waals surface area contributed by atoms with E-state index >= 15 is 0 Å². The zero-order valence-electron chi connectivity index (χ0n) is 8.15. The second kappa shape index (κ2) is 4.19. The van der Waals surface area contributed by atoms with Crippen molar-refractivity contribution in [3.8, 4) is 6.07 Å². The van der Waals surface area contributed by atoms with Crippen molar-refractivity contribution in [2.75, 3.05) is 13.1 Å². The highest BCUT2D eigenvalue weighted by Gasteiger charge is 2.24. The van der Waals surface area contributed by atoms with Gasteiger partial charge < -0.3 is 5.11 Å². The molecule has 1 aliphatic rings. The summed E-state index contributed by atoms with van der Waals surface area (Å²) in [6.45, 7) is 2.15. The summed E-state index contributed by atoms with van der Waals surface area (Å²) in [5.41, 5.74) is 1.58. The van der Waals surface area contributed by atoms with Gasteiger partial charge >= 0.3 is 0 Å². The first-order valence-corrected chi connectivity index (χ1v) is 5.16. The topological polar surface area (TPSA) is 47.3 Å². The van der Waals surface area contributed by atoms with Gasteiger partial charge in [-0.25, -0.2) is 0 Å². The van der Waals surface area contributed by atoms with E-state index < -0.39 is 0 Å². The van der Waals surface area contributed by atoms with E-state index in [9.17, 15) is 0 Å². The standard InChI is InChI=1S/C11H11ClN2O/c12-11-3-8(4-13)1-2-9(11)5-14-6-10(15)7-14/h1-3,10,15H,5-7H2. The Balaban J connectivity index is 2.06. The fraction of sp³-hybridized carbons (Fsp3) is 0.364. The summed E-state index contributed by atoms with van der Waals surface area (Å²) in [5, 5.41) is 18.4. The molecule has 0 amide bonds. The molecule has 0 bridgehead atoms. The third kappa shape index (κ3) is 2.29. The van der Waals surface area contributed by atoms with Crippen LogP contribution in [0.2, 0.25) is 5.02 Å². The van der Waals surface area contributed by atoms with Crippen molar-refractivity contribution in [2.45, 2.75) is 12.6 Å². The van der Waals surface area contributed by atoms with Crippen LogP contribution in [0, 0.1) is 11.3 Å². The Hall–Kier alpha value is -1.08. The molecule has 1 fully saturated rings. The van der Waals surface area contributed by atoms with Gasteiger partial charge in [0.15, 0.2) is 0 Å². The number of benzene rings is 1. The van der Waals surface area contributed by atoms with Crippen LogP contribution in [0.5, 0.6) is 0 Å². The zero-order chi connectivity index (χ0) is 10.8. The fourth-order valence-electron chi connectivity index (χ4n) is 1.66. The first-order chi connectivity index (χ1) is 7.19. The summed E-state index contributed by atoms with van der Waals surface area (Å²) in [7, 11) is 0. The first kappa shape index (κ1) is 10.4. The highest BCUT2D eigenvalue weighted by atomic mass is 35.5. The van der Waals surface area contributed by atoms with Gasteiger partial charge in [0.1, 0.15) is 0 Å². The minimum atomic E-state index is -0.192. The molecule has 1 saturated heterocycles. The lowest BCUT2D eigenvalue weighted by Crippen LogP contribution is -2.49. The maximum Gasteiger partial charge on any atom is 0.0992 e. The maximum atomic E-state index is 9.13. The summed E-state index contributed by atoms with van der Waals surface area (Å²) >= 11 is 6.03. The number of nitrogens with zero attached hydrogens (tertiary/aromatic N) is 2. The Morgan fingerprint density at radius 3 is 2.80 bits per heavy atom. The molecule has 0 spiro atoms. The van der Waals surface area contributed by atoms with E-state index in [0.29, 0.717) is 23.7 Å². The molecule has 78 valence electrons. The van der Waals surface area contributed by atoms with Gasteiger partial charge in [-0.05, 0) is 17.7 Å². The molecule has 1 aliphatic heterocycles. The van der Waals surface area contributed by atoms with Crippen molar-refractivity contribution in [3.05, 3.63) is 34.3 Å². The Morgan fingerprint density at radius 1 is 1.53 bits per heavy atom. The summed E-state index contributed by atoms with van der Waals surface area (Å²) in [5.74, 6) is 0. The van der Waals surface area contributed by atoms with Crippen molar-refractivity contribution < 1.29 is 5.11 Å². The van der Waals surface area contributed by atoms with Gasteiger partial charge in [0.05, 0.1) is 17.7 Å². The summed E-state index contributed by atoms with van der Waals surface area (Å²) in [6, 6.07) is 7.35.